The van der Waals surface area contributed by atoms with Crippen LogP contribution < -0.4 is 11.1 Å². The fourth-order valence-corrected chi connectivity index (χ4v) is 1.39. The minimum Gasteiger partial charge on any atom is -0.444 e. The number of nitrogens with two attached hydrogens (primary N) is 1. The van der Waals surface area contributed by atoms with Crippen LogP contribution in [0.25, 0.3) is 0 Å². The van der Waals surface area contributed by atoms with Gasteiger partial charge in [-0.2, -0.15) is 0 Å². The van der Waals surface area contributed by atoms with Gasteiger partial charge in [0.15, 0.2) is 0 Å². The molecule has 0 aliphatic rings. The normalized spacial score (nSPS) is 13.3. The first kappa shape index (κ1) is 15.7. The highest BCUT2D eigenvalue weighted by atomic mass is 16.6. The molecule has 0 unspecified atom stereocenters. The van der Waals surface area contributed by atoms with Crippen LogP contribution in [0.3, 0.4) is 0 Å². The first-order valence-electron chi connectivity index (χ1n) is 5.88. The van der Waals surface area contributed by atoms with Crippen LogP contribution in [0, 0.1) is 11.8 Å². The second-order valence-corrected chi connectivity index (χ2v) is 5.61. The van der Waals surface area contributed by atoms with E-state index in [2.05, 4.69) is 5.32 Å². The van der Waals surface area contributed by atoms with Crippen molar-refractivity contribution in [1.82, 2.24) is 5.32 Å². The van der Waals surface area contributed by atoms with E-state index in [0.29, 0.717) is 12.3 Å². The zero-order valence-electron chi connectivity index (χ0n) is 11.4. The van der Waals surface area contributed by atoms with E-state index in [1.165, 1.54) is 0 Å². The lowest BCUT2D eigenvalue weighted by Gasteiger charge is -2.21. The number of rotatable bonds is 5. The van der Waals surface area contributed by atoms with E-state index in [4.69, 9.17) is 10.5 Å². The van der Waals surface area contributed by atoms with Crippen LogP contribution in [0.4, 0.5) is 4.79 Å². The lowest BCUT2D eigenvalue weighted by atomic mass is 9.96. The third kappa shape index (κ3) is 8.54. The highest BCUT2D eigenvalue weighted by Gasteiger charge is 2.20. The molecule has 3 N–H and O–H groups in total. The Kier molecular flexibility index (Phi) is 5.99. The maximum atomic E-state index is 11.4. The molecule has 0 bridgehead atoms. The summed E-state index contributed by atoms with van der Waals surface area (Å²) in [6.07, 6.45) is 0.137. The van der Waals surface area contributed by atoms with Crippen LogP contribution >= 0.6 is 0 Å². The Hall–Kier alpha value is -1.26. The predicted molar refractivity (Wildman–Crippen MR) is 66.4 cm³/mol. The lowest BCUT2D eigenvalue weighted by Crippen LogP contribution is -2.39. The molecular weight excluding hydrogens is 220 g/mol. The zero-order chi connectivity index (χ0) is 13.6. The maximum absolute atomic E-state index is 11.4. The lowest BCUT2D eigenvalue weighted by molar-refractivity contribution is -0.122. The molecule has 0 fully saturated rings. The summed E-state index contributed by atoms with van der Waals surface area (Å²) < 4.78 is 5.07. The Morgan fingerprint density at radius 2 is 1.82 bits per heavy atom. The molecule has 0 aromatic heterocycles. The molecular formula is C12H24N2O3. The van der Waals surface area contributed by atoms with Crippen LogP contribution in [0.5, 0.6) is 0 Å². The predicted octanol–water partition coefficient (Wildman–Crippen LogP) is 1.66. The van der Waals surface area contributed by atoms with Gasteiger partial charge in [-0.05, 0) is 33.1 Å². The summed E-state index contributed by atoms with van der Waals surface area (Å²) in [6.45, 7) is 9.58. The molecule has 5 heteroatoms. The van der Waals surface area contributed by atoms with Crippen molar-refractivity contribution >= 4 is 12.0 Å². The Morgan fingerprint density at radius 3 is 2.18 bits per heavy atom. The van der Waals surface area contributed by atoms with E-state index in [1.54, 1.807) is 20.8 Å². The van der Waals surface area contributed by atoms with Crippen molar-refractivity contribution in [2.24, 2.45) is 17.6 Å². The Balaban J connectivity index is 4.13. The van der Waals surface area contributed by atoms with Crippen LogP contribution in [0.2, 0.25) is 0 Å². The van der Waals surface area contributed by atoms with Crippen molar-refractivity contribution in [2.75, 3.05) is 6.54 Å². The molecule has 0 saturated carbocycles. The second kappa shape index (κ2) is 6.47. The van der Waals surface area contributed by atoms with Gasteiger partial charge >= 0.3 is 6.09 Å². The number of alkyl carbamates (subject to hydrolysis) is 1. The van der Waals surface area contributed by atoms with Crippen LogP contribution in [0.1, 0.15) is 41.0 Å². The standard InChI is InChI=1S/C12H24N2O3/c1-8(2)6-9(10(13)15)7-14-11(16)17-12(3,4)5/h8-9H,6-7H2,1-5H3,(H2,13,15)(H,14,16)/t9-/m1/s1. The number of primary amides is 1. The van der Waals surface area contributed by atoms with E-state index >= 15 is 0 Å². The molecule has 0 heterocycles. The molecule has 1 atom stereocenters. The van der Waals surface area contributed by atoms with Crippen molar-refractivity contribution in [1.29, 1.82) is 0 Å². The number of nitrogens with one attached hydrogen (secondary N) is 1. The minimum atomic E-state index is -0.537. The van der Waals surface area contributed by atoms with Crippen molar-refractivity contribution in [2.45, 2.75) is 46.6 Å². The molecule has 0 aromatic carbocycles. The van der Waals surface area contributed by atoms with E-state index in [-0.39, 0.29) is 12.5 Å². The monoisotopic (exact) mass is 244 g/mol. The summed E-state index contributed by atoms with van der Waals surface area (Å²) in [7, 11) is 0. The summed E-state index contributed by atoms with van der Waals surface area (Å²) in [5, 5.41) is 2.56. The van der Waals surface area contributed by atoms with Crippen molar-refractivity contribution in [3.05, 3.63) is 0 Å². The quantitative estimate of drug-likeness (QED) is 0.771. The fraction of sp³-hybridized carbons (Fsp3) is 0.833. The van der Waals surface area contributed by atoms with Gasteiger partial charge in [-0.1, -0.05) is 13.8 Å². The average molecular weight is 244 g/mol. The fourth-order valence-electron chi connectivity index (χ4n) is 1.39. The number of hydrogen-bond donors (Lipinski definition) is 2. The zero-order valence-corrected chi connectivity index (χ0v) is 11.4. The van der Waals surface area contributed by atoms with Gasteiger partial charge in [0.2, 0.25) is 5.91 Å². The van der Waals surface area contributed by atoms with Crippen molar-refractivity contribution < 1.29 is 14.3 Å². The molecule has 17 heavy (non-hydrogen) atoms. The van der Waals surface area contributed by atoms with E-state index in [1.807, 2.05) is 13.8 Å². The van der Waals surface area contributed by atoms with Gasteiger partial charge in [0.05, 0.1) is 5.92 Å². The molecule has 100 valence electrons. The third-order valence-corrected chi connectivity index (χ3v) is 2.05. The van der Waals surface area contributed by atoms with E-state index < -0.39 is 17.6 Å². The Morgan fingerprint density at radius 1 is 1.29 bits per heavy atom. The number of carbonyl (C=O) groups excluding carboxylic acids is 2. The number of amides is 2. The minimum absolute atomic E-state index is 0.225. The van der Waals surface area contributed by atoms with Crippen LogP contribution in [-0.4, -0.2) is 24.1 Å². The highest BCUT2D eigenvalue weighted by molar-refractivity contribution is 5.77. The molecule has 0 saturated heterocycles. The summed E-state index contributed by atoms with van der Waals surface area (Å²) in [4.78, 5) is 22.5. The first-order valence-corrected chi connectivity index (χ1v) is 5.88. The number of ether oxygens (including phenoxy) is 1. The number of carbonyl (C=O) groups is 2. The molecule has 0 aliphatic heterocycles. The summed E-state index contributed by atoms with van der Waals surface area (Å²) in [5.74, 6) is -0.384. The summed E-state index contributed by atoms with van der Waals surface area (Å²) in [5.41, 5.74) is 4.73. The molecule has 0 aromatic rings. The first-order chi connectivity index (χ1) is 7.61. The van der Waals surface area contributed by atoms with E-state index in [0.717, 1.165) is 0 Å². The van der Waals surface area contributed by atoms with Gasteiger partial charge in [0.1, 0.15) is 5.60 Å². The van der Waals surface area contributed by atoms with Crippen LogP contribution in [0.15, 0.2) is 0 Å². The van der Waals surface area contributed by atoms with Crippen LogP contribution in [-0.2, 0) is 9.53 Å². The van der Waals surface area contributed by atoms with Gasteiger partial charge < -0.3 is 15.8 Å². The average Bonchev–Trinajstić information content (AvgIpc) is 2.08. The Labute approximate surface area is 103 Å². The van der Waals surface area contributed by atoms with E-state index in [9.17, 15) is 9.59 Å². The van der Waals surface area contributed by atoms with Crippen molar-refractivity contribution in [3.8, 4) is 0 Å². The highest BCUT2D eigenvalue weighted by Crippen LogP contribution is 2.11. The number of hydrogen-bond acceptors (Lipinski definition) is 3. The molecule has 0 rings (SSSR count). The molecule has 5 nitrogen and oxygen atoms in total. The van der Waals surface area contributed by atoms with Gasteiger partial charge in [-0.25, -0.2) is 4.79 Å². The molecule has 0 radical (unpaired) electrons. The largest absolute Gasteiger partial charge is 0.444 e. The Bertz CT molecular complexity index is 269. The molecule has 2 amide bonds. The maximum Gasteiger partial charge on any atom is 0.407 e. The van der Waals surface area contributed by atoms with Crippen molar-refractivity contribution in [3.63, 3.8) is 0 Å². The third-order valence-electron chi connectivity index (χ3n) is 2.05. The SMILES string of the molecule is CC(C)C[C@H](CNC(=O)OC(C)(C)C)C(N)=O. The molecule has 0 aliphatic carbocycles. The topological polar surface area (TPSA) is 81.4 Å². The van der Waals surface area contributed by atoms with Gasteiger partial charge in [-0.3, -0.25) is 4.79 Å². The smallest absolute Gasteiger partial charge is 0.407 e. The summed E-state index contributed by atoms with van der Waals surface area (Å²) in [6, 6.07) is 0. The van der Waals surface area contributed by atoms with Gasteiger partial charge in [-0.15, -0.1) is 0 Å². The molecule has 0 spiro atoms. The summed E-state index contributed by atoms with van der Waals surface area (Å²) >= 11 is 0. The van der Waals surface area contributed by atoms with Gasteiger partial charge in [0.25, 0.3) is 0 Å². The second-order valence-electron chi connectivity index (χ2n) is 5.61. The van der Waals surface area contributed by atoms with Gasteiger partial charge in [0, 0.05) is 6.54 Å².